The van der Waals surface area contributed by atoms with Gasteiger partial charge in [0.25, 0.3) is 0 Å². The number of hydrogen-bond donors (Lipinski definition) is 3. The van der Waals surface area contributed by atoms with Gasteiger partial charge in [0.15, 0.2) is 0 Å². The first-order valence-corrected chi connectivity index (χ1v) is 1.05. The highest BCUT2D eigenvalue weighted by Crippen LogP contribution is 1.60. The van der Waals surface area contributed by atoms with Crippen molar-refractivity contribution in [2.45, 2.75) is 0 Å². The van der Waals surface area contributed by atoms with Crippen LogP contribution in [0.15, 0.2) is 12.5 Å². The van der Waals surface area contributed by atoms with E-state index in [0.29, 0.717) is 0 Å². The third-order valence-corrected chi connectivity index (χ3v) is 0.129. The molecule has 0 heterocycles. The minimum absolute atomic E-state index is 0.440. The molecule has 0 fully saturated rings. The van der Waals surface area contributed by atoms with E-state index < -0.39 is 5.88 Å². The lowest BCUT2D eigenvalue weighted by atomic mass is 11.0. The molecule has 3 nitrogen and oxygen atoms in total. The Morgan fingerprint density at radius 1 is 1.80 bits per heavy atom. The van der Waals surface area contributed by atoms with Crippen LogP contribution in [0.4, 0.5) is 0 Å². The maximum Gasteiger partial charge on any atom is 0.200 e. The van der Waals surface area contributed by atoms with Crippen molar-refractivity contribution in [2.24, 2.45) is 0 Å². The molecule has 0 bridgehead atoms. The Balaban J connectivity index is 2.85. The Morgan fingerprint density at radius 3 is 2.00 bits per heavy atom. The molecule has 0 unspecified atom stereocenters. The van der Waals surface area contributed by atoms with Gasteiger partial charge in [-0.3, -0.25) is 5.21 Å². The molecule has 0 aliphatic heterocycles. The van der Waals surface area contributed by atoms with Crippen molar-refractivity contribution < 1.29 is 10.3 Å². The normalized spacial score (nSPS) is 6.60. The molecular weight excluding hydrogens is 70.0 g/mol. The van der Waals surface area contributed by atoms with Crippen molar-refractivity contribution in [2.75, 3.05) is 0 Å². The summed E-state index contributed by atoms with van der Waals surface area (Å²) in [6, 6.07) is 0. The van der Waals surface area contributed by atoms with Crippen molar-refractivity contribution in [3.05, 3.63) is 12.5 Å². The summed E-state index contributed by atoms with van der Waals surface area (Å²) < 4.78 is 0. The molecule has 0 aromatic heterocycles. The average molecular weight is 75.1 g/mol. The van der Waals surface area contributed by atoms with E-state index in [1.165, 1.54) is 5.48 Å². The molecule has 0 aliphatic rings. The lowest BCUT2D eigenvalue weighted by molar-refractivity contribution is 0.141. The molecule has 0 rings (SSSR count). The molecule has 5 heavy (non-hydrogen) atoms. The Labute approximate surface area is 29.5 Å². The van der Waals surface area contributed by atoms with Crippen molar-refractivity contribution >= 4 is 0 Å². The highest BCUT2D eigenvalue weighted by atomic mass is 16.5. The van der Waals surface area contributed by atoms with E-state index in [1.807, 2.05) is 0 Å². The number of hydroxylamine groups is 1. The zero-order valence-electron chi connectivity index (χ0n) is 2.60. The molecule has 30 valence electrons. The van der Waals surface area contributed by atoms with Crippen molar-refractivity contribution in [3.8, 4) is 0 Å². The minimum Gasteiger partial charge on any atom is -0.494 e. The molecule has 0 aromatic carbocycles. The number of rotatable bonds is 1. The first-order valence-electron chi connectivity index (χ1n) is 1.05. The summed E-state index contributed by atoms with van der Waals surface area (Å²) >= 11 is 0. The van der Waals surface area contributed by atoms with Crippen LogP contribution in [0.5, 0.6) is 0 Å². The van der Waals surface area contributed by atoms with E-state index in [2.05, 4.69) is 6.58 Å². The van der Waals surface area contributed by atoms with Crippen LogP contribution in [0, 0.1) is 0 Å². The fourth-order valence-electron chi connectivity index (χ4n) is 0. The summed E-state index contributed by atoms with van der Waals surface area (Å²) in [5.41, 5.74) is 1.39. The molecule has 0 aromatic rings. The number of aliphatic hydroxyl groups excluding tert-OH is 1. The van der Waals surface area contributed by atoms with Crippen molar-refractivity contribution in [1.82, 2.24) is 5.48 Å². The van der Waals surface area contributed by atoms with E-state index >= 15 is 0 Å². The van der Waals surface area contributed by atoms with E-state index in [0.717, 1.165) is 0 Å². The molecule has 0 amide bonds. The van der Waals surface area contributed by atoms with Crippen molar-refractivity contribution in [3.63, 3.8) is 0 Å². The molecule has 3 heteroatoms. The third-order valence-electron chi connectivity index (χ3n) is 0.129. The summed E-state index contributed by atoms with van der Waals surface area (Å²) in [7, 11) is 0. The smallest absolute Gasteiger partial charge is 0.200 e. The topological polar surface area (TPSA) is 52.5 Å². The van der Waals surface area contributed by atoms with Crippen molar-refractivity contribution in [1.29, 1.82) is 0 Å². The van der Waals surface area contributed by atoms with Gasteiger partial charge in [0.05, 0.1) is 0 Å². The fraction of sp³-hybridized carbons (Fsp3) is 0. The van der Waals surface area contributed by atoms with E-state index in [9.17, 15) is 0 Å². The molecule has 0 spiro atoms. The summed E-state index contributed by atoms with van der Waals surface area (Å²) in [6.07, 6.45) is 0. The SMILES string of the molecule is C=C(O)NO. The first-order chi connectivity index (χ1) is 2.27. The second-order valence-electron chi connectivity index (χ2n) is 0.558. The van der Waals surface area contributed by atoms with Crippen LogP contribution in [-0.4, -0.2) is 10.3 Å². The van der Waals surface area contributed by atoms with Gasteiger partial charge >= 0.3 is 0 Å². The molecule has 0 atom stereocenters. The molecule has 0 radical (unpaired) electrons. The van der Waals surface area contributed by atoms with Crippen LogP contribution >= 0.6 is 0 Å². The van der Waals surface area contributed by atoms with Gasteiger partial charge in [-0.1, -0.05) is 0 Å². The Morgan fingerprint density at radius 2 is 2.00 bits per heavy atom. The quantitative estimate of drug-likeness (QED) is 0.303. The highest BCUT2D eigenvalue weighted by molar-refractivity contribution is 4.66. The summed E-state index contributed by atoms with van der Waals surface area (Å²) in [6.45, 7) is 2.87. The highest BCUT2D eigenvalue weighted by Gasteiger charge is 1.67. The Bertz CT molecular complexity index is 42.9. The van der Waals surface area contributed by atoms with E-state index in [1.54, 1.807) is 0 Å². The third kappa shape index (κ3) is 3.30. The minimum atomic E-state index is -0.440. The maximum absolute atomic E-state index is 7.81. The summed E-state index contributed by atoms with van der Waals surface area (Å²) in [5, 5.41) is 15.3. The number of nitrogens with one attached hydrogen (secondary N) is 1. The van der Waals surface area contributed by atoms with Crippen LogP contribution in [0.2, 0.25) is 0 Å². The monoisotopic (exact) mass is 75.0 g/mol. The zero-order valence-corrected chi connectivity index (χ0v) is 2.60. The van der Waals surface area contributed by atoms with Gasteiger partial charge in [0, 0.05) is 0 Å². The van der Waals surface area contributed by atoms with Crippen LogP contribution in [0.1, 0.15) is 0 Å². The van der Waals surface area contributed by atoms with E-state index in [4.69, 9.17) is 10.3 Å². The van der Waals surface area contributed by atoms with Gasteiger partial charge in [-0.15, -0.1) is 0 Å². The average Bonchev–Trinajstić information content (AvgIpc) is 1.38. The van der Waals surface area contributed by atoms with Crippen LogP contribution in [-0.2, 0) is 0 Å². The maximum atomic E-state index is 7.81. The van der Waals surface area contributed by atoms with Crippen LogP contribution in [0.25, 0.3) is 0 Å². The van der Waals surface area contributed by atoms with Gasteiger partial charge in [-0.25, -0.2) is 5.48 Å². The Hall–Kier alpha value is -0.700. The van der Waals surface area contributed by atoms with E-state index in [-0.39, 0.29) is 0 Å². The fourth-order valence-corrected chi connectivity index (χ4v) is 0. The van der Waals surface area contributed by atoms with Gasteiger partial charge in [-0.05, 0) is 6.58 Å². The van der Waals surface area contributed by atoms with Gasteiger partial charge in [-0.2, -0.15) is 0 Å². The molecule has 0 aliphatic carbocycles. The predicted octanol–water partition coefficient (Wildman–Crippen LogP) is -0.00560. The predicted molar refractivity (Wildman–Crippen MR) is 16.7 cm³/mol. The molecule has 0 saturated carbocycles. The number of hydrogen-bond acceptors (Lipinski definition) is 3. The molecular formula is C2H5NO2. The standard InChI is InChI=1S/C2H5NO2/c1-2(4)3-5/h3-5H,1H2. The van der Waals surface area contributed by atoms with Crippen LogP contribution < -0.4 is 5.48 Å². The second-order valence-corrected chi connectivity index (χ2v) is 0.558. The first kappa shape index (κ1) is 4.30. The summed E-state index contributed by atoms with van der Waals surface area (Å²) in [5.74, 6) is -0.440. The molecule has 0 saturated heterocycles. The second kappa shape index (κ2) is 1.60. The zero-order chi connectivity index (χ0) is 4.28. The van der Waals surface area contributed by atoms with Gasteiger partial charge in [0.1, 0.15) is 0 Å². The van der Waals surface area contributed by atoms with Gasteiger partial charge in [0.2, 0.25) is 5.88 Å². The van der Waals surface area contributed by atoms with Crippen LogP contribution in [0.3, 0.4) is 0 Å². The number of aliphatic hydroxyl groups is 1. The Kier molecular flexibility index (Phi) is 1.38. The largest absolute Gasteiger partial charge is 0.494 e. The molecule has 3 N–H and O–H groups in total. The lowest BCUT2D eigenvalue weighted by Gasteiger charge is -1.85. The summed E-state index contributed by atoms with van der Waals surface area (Å²) in [4.78, 5) is 0. The van der Waals surface area contributed by atoms with Gasteiger partial charge < -0.3 is 5.11 Å². The lowest BCUT2D eigenvalue weighted by Crippen LogP contribution is -2.02.